The summed E-state index contributed by atoms with van der Waals surface area (Å²) in [6, 6.07) is 10.5. The third-order valence-corrected chi connectivity index (χ3v) is 7.16. The number of benzene rings is 1. The van der Waals surface area contributed by atoms with Crippen molar-refractivity contribution >= 4 is 33.6 Å². The van der Waals surface area contributed by atoms with Crippen molar-refractivity contribution < 1.29 is 4.79 Å². The Morgan fingerprint density at radius 2 is 1.93 bits per heavy atom. The highest BCUT2D eigenvalue weighted by atomic mass is 32.1. The Balaban J connectivity index is 1.56. The number of nitriles is 1. The number of aryl methyl sites for hydroxylation is 3. The lowest BCUT2D eigenvalue weighted by atomic mass is 9.96. The lowest BCUT2D eigenvalue weighted by Gasteiger charge is -2.09. The van der Waals surface area contributed by atoms with Crippen LogP contribution in [-0.4, -0.2) is 10.9 Å². The van der Waals surface area contributed by atoms with Crippen molar-refractivity contribution in [1.29, 1.82) is 5.26 Å². The molecule has 1 aliphatic carbocycles. The predicted octanol–water partition coefficient (Wildman–Crippen LogP) is 5.42. The second-order valence-corrected chi connectivity index (χ2v) is 9.52. The second-order valence-electron chi connectivity index (χ2n) is 7.12. The van der Waals surface area contributed by atoms with Crippen LogP contribution in [0, 0.1) is 25.2 Å². The van der Waals surface area contributed by atoms with Crippen molar-refractivity contribution in [2.24, 2.45) is 0 Å². The summed E-state index contributed by atoms with van der Waals surface area (Å²) in [6.45, 7) is 4.02. The minimum absolute atomic E-state index is 0.0906. The summed E-state index contributed by atoms with van der Waals surface area (Å²) >= 11 is 3.12. The van der Waals surface area contributed by atoms with E-state index in [2.05, 4.69) is 35.4 Å². The van der Waals surface area contributed by atoms with Gasteiger partial charge in [-0.05, 0) is 45.1 Å². The number of carbonyl (C=O) groups is 1. The van der Waals surface area contributed by atoms with Crippen molar-refractivity contribution in [1.82, 2.24) is 4.98 Å². The summed E-state index contributed by atoms with van der Waals surface area (Å²) in [5.74, 6) is -0.0906. The molecule has 0 saturated heterocycles. The van der Waals surface area contributed by atoms with E-state index in [1.54, 1.807) is 22.7 Å². The van der Waals surface area contributed by atoms with E-state index in [1.165, 1.54) is 10.4 Å². The van der Waals surface area contributed by atoms with Crippen LogP contribution in [0.5, 0.6) is 0 Å². The Labute approximate surface area is 172 Å². The van der Waals surface area contributed by atoms with Crippen molar-refractivity contribution in [3.8, 4) is 17.3 Å². The number of hydrogen-bond acceptors (Lipinski definition) is 5. The Morgan fingerprint density at radius 3 is 2.68 bits per heavy atom. The van der Waals surface area contributed by atoms with E-state index in [0.29, 0.717) is 10.6 Å². The third kappa shape index (κ3) is 3.73. The first-order valence-corrected chi connectivity index (χ1v) is 11.1. The van der Waals surface area contributed by atoms with Gasteiger partial charge in [0.25, 0.3) is 0 Å². The molecule has 1 aromatic carbocycles. The van der Waals surface area contributed by atoms with Crippen molar-refractivity contribution in [3.63, 3.8) is 0 Å². The molecule has 0 radical (unpaired) electrons. The number of fused-ring (bicyclic) bond motifs is 1. The largest absolute Gasteiger partial charge is 0.316 e. The van der Waals surface area contributed by atoms with Gasteiger partial charge < -0.3 is 5.32 Å². The van der Waals surface area contributed by atoms with E-state index in [0.717, 1.165) is 52.4 Å². The molecule has 1 aliphatic rings. The van der Waals surface area contributed by atoms with Gasteiger partial charge >= 0.3 is 0 Å². The number of amides is 1. The Kier molecular flexibility index (Phi) is 5.29. The van der Waals surface area contributed by atoms with E-state index in [9.17, 15) is 10.1 Å². The molecule has 0 atom stereocenters. The molecule has 4 nitrogen and oxygen atoms in total. The first-order chi connectivity index (χ1) is 13.5. The number of carbonyl (C=O) groups excluding carboxylic acids is 1. The normalized spacial score (nSPS) is 13.0. The summed E-state index contributed by atoms with van der Waals surface area (Å²) in [7, 11) is 0. The maximum absolute atomic E-state index is 12.8. The average molecular weight is 408 g/mol. The Morgan fingerprint density at radius 1 is 1.18 bits per heavy atom. The van der Waals surface area contributed by atoms with E-state index < -0.39 is 0 Å². The van der Waals surface area contributed by atoms with E-state index in [-0.39, 0.29) is 12.3 Å². The van der Waals surface area contributed by atoms with Crippen molar-refractivity contribution in [2.45, 2.75) is 46.0 Å². The van der Waals surface area contributed by atoms with E-state index in [4.69, 9.17) is 0 Å². The fourth-order valence-corrected chi connectivity index (χ4v) is 5.83. The molecule has 0 bridgehead atoms. The van der Waals surface area contributed by atoms with Gasteiger partial charge in [0, 0.05) is 15.3 Å². The van der Waals surface area contributed by atoms with Gasteiger partial charge in [0.15, 0.2) is 0 Å². The number of nitrogens with zero attached hydrogens (tertiary/aromatic N) is 2. The molecule has 0 fully saturated rings. The summed E-state index contributed by atoms with van der Waals surface area (Å²) < 4.78 is 0. The van der Waals surface area contributed by atoms with Crippen LogP contribution in [0.2, 0.25) is 0 Å². The standard InChI is InChI=1S/C22H21N3OS2/c1-13-7-9-15(10-8-13)21-19(27-14(2)24-21)11-20(26)25-22-17(12-23)16-5-3-4-6-18(16)28-22/h7-10H,3-6,11H2,1-2H3,(H,25,26). The number of rotatable bonds is 4. The van der Waals surface area contributed by atoms with Gasteiger partial charge in [-0.15, -0.1) is 22.7 Å². The maximum atomic E-state index is 12.8. The monoisotopic (exact) mass is 407 g/mol. The summed E-state index contributed by atoms with van der Waals surface area (Å²) in [5.41, 5.74) is 4.90. The molecule has 1 amide bonds. The molecule has 0 unspecified atom stereocenters. The molecule has 0 aliphatic heterocycles. The molecular weight excluding hydrogens is 386 g/mol. The van der Waals surface area contributed by atoms with Crippen molar-refractivity contribution in [3.05, 3.63) is 55.7 Å². The highest BCUT2D eigenvalue weighted by Gasteiger charge is 2.22. The van der Waals surface area contributed by atoms with Crippen molar-refractivity contribution in [2.75, 3.05) is 5.32 Å². The number of thiophene rings is 1. The Hall–Kier alpha value is -2.49. The highest BCUT2D eigenvalue weighted by Crippen LogP contribution is 2.38. The third-order valence-electron chi connectivity index (χ3n) is 4.99. The molecule has 142 valence electrons. The van der Waals surface area contributed by atoms with Gasteiger partial charge in [-0.2, -0.15) is 5.26 Å². The minimum atomic E-state index is -0.0906. The number of aromatic nitrogens is 1. The van der Waals surface area contributed by atoms with Gasteiger partial charge in [0.1, 0.15) is 11.1 Å². The summed E-state index contributed by atoms with van der Waals surface area (Å²) in [6.07, 6.45) is 4.49. The smallest absolute Gasteiger partial charge is 0.230 e. The van der Waals surface area contributed by atoms with Crippen LogP contribution in [0.15, 0.2) is 24.3 Å². The first-order valence-electron chi connectivity index (χ1n) is 9.43. The molecule has 1 N–H and O–H groups in total. The van der Waals surface area contributed by atoms with E-state index in [1.807, 2.05) is 19.1 Å². The first kappa shape index (κ1) is 18.9. The zero-order chi connectivity index (χ0) is 19.7. The summed E-state index contributed by atoms with van der Waals surface area (Å²) in [4.78, 5) is 19.6. The summed E-state index contributed by atoms with van der Waals surface area (Å²) in [5, 5.41) is 14.2. The number of nitrogens with one attached hydrogen (secondary N) is 1. The maximum Gasteiger partial charge on any atom is 0.230 e. The Bertz CT molecular complexity index is 1070. The number of thiazole rings is 1. The topological polar surface area (TPSA) is 65.8 Å². The van der Waals surface area contributed by atoms with Gasteiger partial charge in [0.05, 0.1) is 22.7 Å². The molecular formula is C22H21N3OS2. The lowest BCUT2D eigenvalue weighted by molar-refractivity contribution is -0.115. The van der Waals surface area contributed by atoms with Gasteiger partial charge in [-0.3, -0.25) is 4.79 Å². The molecule has 0 spiro atoms. The quantitative estimate of drug-likeness (QED) is 0.628. The van der Waals surface area contributed by atoms with E-state index >= 15 is 0 Å². The fraction of sp³-hybridized carbons (Fsp3) is 0.318. The SMILES string of the molecule is Cc1ccc(-c2nc(C)sc2CC(=O)Nc2sc3c(c2C#N)CCCC3)cc1. The predicted molar refractivity (Wildman–Crippen MR) is 115 cm³/mol. The molecule has 28 heavy (non-hydrogen) atoms. The zero-order valence-corrected chi connectivity index (χ0v) is 17.6. The highest BCUT2D eigenvalue weighted by molar-refractivity contribution is 7.16. The van der Waals surface area contributed by atoms with Crippen LogP contribution in [-0.2, 0) is 24.1 Å². The van der Waals surface area contributed by atoms with Crippen LogP contribution >= 0.6 is 22.7 Å². The zero-order valence-electron chi connectivity index (χ0n) is 16.0. The van der Waals surface area contributed by atoms with Gasteiger partial charge in [-0.1, -0.05) is 29.8 Å². The molecule has 6 heteroatoms. The van der Waals surface area contributed by atoms with Crippen LogP contribution in [0.4, 0.5) is 5.00 Å². The minimum Gasteiger partial charge on any atom is -0.316 e. The van der Waals surface area contributed by atoms with Gasteiger partial charge in [-0.25, -0.2) is 4.98 Å². The molecule has 2 aromatic heterocycles. The lowest BCUT2D eigenvalue weighted by Crippen LogP contribution is -2.14. The fourth-order valence-electron chi connectivity index (χ4n) is 3.61. The molecule has 2 heterocycles. The second kappa shape index (κ2) is 7.86. The van der Waals surface area contributed by atoms with Crippen LogP contribution < -0.4 is 5.32 Å². The molecule has 3 aromatic rings. The van der Waals surface area contributed by atoms with Crippen LogP contribution in [0.1, 0.15) is 44.3 Å². The molecule has 0 saturated carbocycles. The average Bonchev–Trinajstić information content (AvgIpc) is 3.21. The van der Waals surface area contributed by atoms with Gasteiger partial charge in [0.2, 0.25) is 5.91 Å². The van der Waals surface area contributed by atoms with Crippen LogP contribution in [0.3, 0.4) is 0 Å². The molecule has 4 rings (SSSR count). The number of anilines is 1. The number of hydrogen-bond donors (Lipinski definition) is 1. The van der Waals surface area contributed by atoms with Crippen LogP contribution in [0.25, 0.3) is 11.3 Å².